The molecule has 4 N–H and O–H groups in total. The monoisotopic (exact) mass is 538 g/mol. The predicted octanol–water partition coefficient (Wildman–Crippen LogP) is 2.54. The van der Waals surface area contributed by atoms with Gasteiger partial charge in [-0.25, -0.2) is 8.78 Å². The molecule has 0 bridgehead atoms. The number of halogens is 2. The minimum atomic E-state index is -1.84. The molecule has 0 saturated carbocycles. The first-order valence-electron chi connectivity index (χ1n) is 12.5. The van der Waals surface area contributed by atoms with E-state index in [1.54, 1.807) is 18.2 Å². The summed E-state index contributed by atoms with van der Waals surface area (Å²) < 4.78 is 28.1. The zero-order chi connectivity index (χ0) is 28.2. The number of aromatic nitrogens is 1. The molecule has 0 spiro atoms. The minimum absolute atomic E-state index is 0.0111. The van der Waals surface area contributed by atoms with Crippen LogP contribution in [-0.4, -0.2) is 57.8 Å². The Balaban J connectivity index is 1.52. The van der Waals surface area contributed by atoms with E-state index in [0.717, 1.165) is 11.5 Å². The van der Waals surface area contributed by atoms with E-state index in [0.29, 0.717) is 17.2 Å². The van der Waals surface area contributed by atoms with Gasteiger partial charge in [-0.3, -0.25) is 14.6 Å². The van der Waals surface area contributed by atoms with Crippen LogP contribution in [0.1, 0.15) is 42.7 Å². The molecule has 0 aliphatic carbocycles. The number of benzene rings is 2. The smallest absolute Gasteiger partial charge is 0.426 e. The average Bonchev–Trinajstić information content (AvgIpc) is 3.32. The lowest BCUT2D eigenvalue weighted by atomic mass is 9.74. The highest BCUT2D eigenvalue weighted by Crippen LogP contribution is 2.30. The fourth-order valence-corrected chi connectivity index (χ4v) is 4.54. The number of carbonyl (C=O) groups is 2. The third kappa shape index (κ3) is 6.58. The highest BCUT2D eigenvalue weighted by atomic mass is 19.1. The molecule has 1 unspecified atom stereocenters. The third-order valence-electron chi connectivity index (χ3n) is 6.49. The number of fused-ring (bicyclic) bond motifs is 1. The number of nitrogens with one attached hydrogen (secondary N) is 2. The molecule has 2 atom stereocenters. The Labute approximate surface area is 224 Å². The number of hydrogen-bond acceptors (Lipinski definition) is 7. The molecule has 0 radical (unpaired) electrons. The highest BCUT2D eigenvalue weighted by Gasteiger charge is 2.48. The first-order valence-corrected chi connectivity index (χ1v) is 12.5. The number of rotatable bonds is 10. The topological polar surface area (TPSA) is 133 Å². The van der Waals surface area contributed by atoms with Gasteiger partial charge in [-0.15, -0.1) is 0 Å². The van der Waals surface area contributed by atoms with Gasteiger partial charge >= 0.3 is 7.12 Å². The molecule has 0 saturated heterocycles. The van der Waals surface area contributed by atoms with E-state index in [1.165, 1.54) is 12.3 Å². The molecular formula is C27H29BF2N4O5. The molecule has 39 heavy (non-hydrogen) atoms. The van der Waals surface area contributed by atoms with Crippen LogP contribution in [0.4, 0.5) is 8.78 Å². The van der Waals surface area contributed by atoms with Crippen LogP contribution in [0.15, 0.2) is 59.9 Å². The van der Waals surface area contributed by atoms with Crippen LogP contribution < -0.4 is 10.6 Å². The van der Waals surface area contributed by atoms with Crippen molar-refractivity contribution in [1.82, 2.24) is 15.6 Å². The van der Waals surface area contributed by atoms with E-state index in [4.69, 9.17) is 4.84 Å². The Morgan fingerprint density at radius 1 is 1.15 bits per heavy atom. The molecule has 1 aliphatic rings. The minimum Gasteiger partial charge on any atom is -0.426 e. The maximum absolute atomic E-state index is 14.6. The lowest BCUT2D eigenvalue weighted by Gasteiger charge is -2.29. The molecular weight excluding hydrogens is 509 g/mol. The van der Waals surface area contributed by atoms with Crippen LogP contribution in [0.2, 0.25) is 0 Å². The van der Waals surface area contributed by atoms with E-state index in [1.807, 2.05) is 26.0 Å². The number of pyridine rings is 1. The maximum Gasteiger partial charge on any atom is 0.475 e. The second-order valence-corrected chi connectivity index (χ2v) is 10.0. The second kappa shape index (κ2) is 11.9. The van der Waals surface area contributed by atoms with E-state index >= 15 is 0 Å². The molecule has 0 fully saturated rings. The van der Waals surface area contributed by atoms with Gasteiger partial charge in [0.25, 0.3) is 11.8 Å². The van der Waals surface area contributed by atoms with Crippen molar-refractivity contribution < 1.29 is 33.3 Å². The van der Waals surface area contributed by atoms with Crippen LogP contribution in [-0.2, 0) is 16.1 Å². The maximum atomic E-state index is 14.6. The van der Waals surface area contributed by atoms with Gasteiger partial charge in [-0.1, -0.05) is 49.3 Å². The van der Waals surface area contributed by atoms with Crippen LogP contribution in [0, 0.1) is 17.6 Å². The number of oxime groups is 1. The zero-order valence-corrected chi connectivity index (χ0v) is 21.5. The molecule has 12 heteroatoms. The van der Waals surface area contributed by atoms with Crippen LogP contribution >= 0.6 is 0 Å². The van der Waals surface area contributed by atoms with Crippen LogP contribution in [0.3, 0.4) is 0 Å². The molecule has 3 aromatic rings. The van der Waals surface area contributed by atoms with Gasteiger partial charge in [0.05, 0.1) is 18.2 Å². The summed E-state index contributed by atoms with van der Waals surface area (Å²) in [6.07, 6.45) is 1.34. The standard InChI is InChI=1S/C27H29BF2N4O5/c1-16(2)11-23(28(37)38)33-26(36)27(13-18-7-8-19(29)12-22(18)30)14-20(34-39-27)15-32-25(35)24-21-6-4-3-5-17(21)9-10-31-24/h3-10,12,16,23,37-38H,11,13-15H2,1-2H3,(H,32,35)(H,33,36)/t23-,27?/m0/s1. The fraction of sp³-hybridized carbons (Fsp3) is 0.333. The van der Waals surface area contributed by atoms with Crippen molar-refractivity contribution in [2.24, 2.45) is 11.1 Å². The molecule has 2 aromatic carbocycles. The molecule has 4 rings (SSSR count). The van der Waals surface area contributed by atoms with E-state index in [-0.39, 0.29) is 43.0 Å². The number of nitrogens with zero attached hydrogens (tertiary/aromatic N) is 2. The molecule has 2 heterocycles. The average molecular weight is 538 g/mol. The molecule has 204 valence electrons. The zero-order valence-electron chi connectivity index (χ0n) is 21.5. The predicted molar refractivity (Wildman–Crippen MR) is 142 cm³/mol. The summed E-state index contributed by atoms with van der Waals surface area (Å²) in [7, 11) is -1.84. The van der Waals surface area contributed by atoms with Gasteiger partial charge in [-0.05, 0) is 35.4 Å². The number of amides is 2. The van der Waals surface area contributed by atoms with E-state index in [2.05, 4.69) is 20.8 Å². The summed E-state index contributed by atoms with van der Waals surface area (Å²) in [5.74, 6) is -3.83. The van der Waals surface area contributed by atoms with Crippen LogP contribution in [0.25, 0.3) is 10.8 Å². The van der Waals surface area contributed by atoms with Crippen molar-refractivity contribution in [3.8, 4) is 0 Å². The second-order valence-electron chi connectivity index (χ2n) is 10.0. The normalized spacial score (nSPS) is 17.5. The van der Waals surface area contributed by atoms with E-state index < -0.39 is 42.1 Å². The van der Waals surface area contributed by atoms with Crippen LogP contribution in [0.5, 0.6) is 0 Å². The molecule has 1 aromatic heterocycles. The summed E-state index contributed by atoms with van der Waals surface area (Å²) in [6, 6.07) is 12.1. The highest BCUT2D eigenvalue weighted by molar-refractivity contribution is 6.43. The first kappa shape index (κ1) is 28.1. The third-order valence-corrected chi connectivity index (χ3v) is 6.49. The van der Waals surface area contributed by atoms with Gasteiger partial charge in [0.1, 0.15) is 17.3 Å². The molecule has 9 nitrogen and oxygen atoms in total. The van der Waals surface area contributed by atoms with Gasteiger partial charge in [0, 0.05) is 30.5 Å². The summed E-state index contributed by atoms with van der Waals surface area (Å²) in [4.78, 5) is 36.2. The number of hydrogen-bond donors (Lipinski definition) is 4. The van der Waals surface area contributed by atoms with Crippen molar-refractivity contribution in [3.05, 3.63) is 77.6 Å². The quantitative estimate of drug-likeness (QED) is 0.294. The lowest BCUT2D eigenvalue weighted by Crippen LogP contribution is -2.56. The van der Waals surface area contributed by atoms with E-state index in [9.17, 15) is 28.4 Å². The van der Waals surface area contributed by atoms with Gasteiger partial charge in [0.2, 0.25) is 5.60 Å². The molecule has 1 aliphatic heterocycles. The lowest BCUT2D eigenvalue weighted by molar-refractivity contribution is -0.144. The van der Waals surface area contributed by atoms with Gasteiger partial charge in [-0.2, -0.15) is 0 Å². The number of carbonyl (C=O) groups excluding carboxylic acids is 2. The summed E-state index contributed by atoms with van der Waals surface area (Å²) in [5, 5.41) is 30.4. The van der Waals surface area contributed by atoms with Crippen molar-refractivity contribution in [2.45, 2.75) is 44.7 Å². The Hall–Kier alpha value is -3.90. The van der Waals surface area contributed by atoms with Crippen molar-refractivity contribution >= 4 is 35.4 Å². The van der Waals surface area contributed by atoms with Gasteiger partial charge < -0.3 is 25.5 Å². The Kier molecular flexibility index (Phi) is 8.56. The Bertz CT molecular complexity index is 1400. The first-order chi connectivity index (χ1) is 18.6. The Morgan fingerprint density at radius 2 is 1.92 bits per heavy atom. The fourth-order valence-electron chi connectivity index (χ4n) is 4.54. The largest absolute Gasteiger partial charge is 0.475 e. The van der Waals surface area contributed by atoms with Crippen molar-refractivity contribution in [2.75, 3.05) is 6.54 Å². The van der Waals surface area contributed by atoms with Crippen molar-refractivity contribution in [1.29, 1.82) is 0 Å². The Morgan fingerprint density at radius 3 is 2.64 bits per heavy atom. The summed E-state index contributed by atoms with van der Waals surface area (Å²) in [6.45, 7) is 3.63. The van der Waals surface area contributed by atoms with Gasteiger partial charge in [0.15, 0.2) is 0 Å². The van der Waals surface area contributed by atoms with Crippen molar-refractivity contribution in [3.63, 3.8) is 0 Å². The summed E-state index contributed by atoms with van der Waals surface area (Å²) >= 11 is 0. The SMILES string of the molecule is CC(C)C[C@H](NC(=O)C1(Cc2ccc(F)cc2F)CC(CNC(=O)c2nccc3ccccc23)=NO1)B(O)O. The summed E-state index contributed by atoms with van der Waals surface area (Å²) in [5.41, 5.74) is -1.23. The molecule has 2 amide bonds.